The summed E-state index contributed by atoms with van der Waals surface area (Å²) >= 11 is 6.04. The molecule has 0 heterocycles. The molecule has 0 radical (unpaired) electrons. The van der Waals surface area contributed by atoms with Gasteiger partial charge in [-0.15, -0.1) is 0 Å². The first-order valence-electron chi connectivity index (χ1n) is 6.81. The van der Waals surface area contributed by atoms with Crippen molar-refractivity contribution in [2.45, 2.75) is 32.9 Å². The molecule has 2 rings (SSSR count). The zero-order chi connectivity index (χ0) is 15.5. The van der Waals surface area contributed by atoms with Gasteiger partial charge in [-0.05, 0) is 51.1 Å². The van der Waals surface area contributed by atoms with Crippen LogP contribution in [0.4, 0.5) is 4.39 Å². The lowest BCUT2D eigenvalue weighted by Gasteiger charge is -2.21. The van der Waals surface area contributed by atoms with E-state index in [9.17, 15) is 4.39 Å². The molecule has 1 N–H and O–H groups in total. The summed E-state index contributed by atoms with van der Waals surface area (Å²) in [6.07, 6.45) is 0. The fourth-order valence-corrected chi connectivity index (χ4v) is 1.99. The molecule has 112 valence electrons. The smallest absolute Gasteiger partial charge is 0.165 e. The molecule has 2 aromatic rings. The molecule has 0 aliphatic rings. The Morgan fingerprint density at radius 3 is 2.48 bits per heavy atom. The van der Waals surface area contributed by atoms with Gasteiger partial charge in [0.2, 0.25) is 0 Å². The molecule has 2 nitrogen and oxygen atoms in total. The van der Waals surface area contributed by atoms with Gasteiger partial charge in [-0.3, -0.25) is 0 Å². The van der Waals surface area contributed by atoms with Crippen molar-refractivity contribution in [2.24, 2.45) is 0 Å². The van der Waals surface area contributed by atoms with Gasteiger partial charge in [-0.2, -0.15) is 0 Å². The summed E-state index contributed by atoms with van der Waals surface area (Å²) in [6, 6.07) is 11.7. The molecular weight excluding hydrogens is 289 g/mol. The summed E-state index contributed by atoms with van der Waals surface area (Å²) in [5.74, 6) is 0.417. The van der Waals surface area contributed by atoms with Crippen LogP contribution in [0.3, 0.4) is 0 Å². The molecule has 0 saturated carbocycles. The van der Waals surface area contributed by atoms with E-state index >= 15 is 0 Å². The van der Waals surface area contributed by atoms with Crippen LogP contribution >= 0.6 is 11.6 Å². The highest BCUT2D eigenvalue weighted by Crippen LogP contribution is 2.29. The van der Waals surface area contributed by atoms with Gasteiger partial charge in [0.25, 0.3) is 0 Å². The van der Waals surface area contributed by atoms with Crippen molar-refractivity contribution in [3.63, 3.8) is 0 Å². The zero-order valence-corrected chi connectivity index (χ0v) is 13.2. The van der Waals surface area contributed by atoms with E-state index in [1.165, 1.54) is 6.07 Å². The van der Waals surface area contributed by atoms with Gasteiger partial charge in [0.05, 0.1) is 0 Å². The predicted molar refractivity (Wildman–Crippen MR) is 84.5 cm³/mol. The van der Waals surface area contributed by atoms with Gasteiger partial charge < -0.3 is 10.1 Å². The first-order chi connectivity index (χ1) is 9.85. The molecule has 0 unspecified atom stereocenters. The first kappa shape index (κ1) is 15.8. The third-order valence-electron chi connectivity index (χ3n) is 2.89. The van der Waals surface area contributed by atoms with Gasteiger partial charge in [-0.25, -0.2) is 4.39 Å². The monoisotopic (exact) mass is 307 g/mol. The Morgan fingerprint density at radius 1 is 1.10 bits per heavy atom. The van der Waals surface area contributed by atoms with Crippen LogP contribution < -0.4 is 10.1 Å². The van der Waals surface area contributed by atoms with Crippen molar-refractivity contribution in [1.82, 2.24) is 5.32 Å². The Hall–Kier alpha value is -1.58. The molecule has 0 spiro atoms. The van der Waals surface area contributed by atoms with E-state index in [-0.39, 0.29) is 17.1 Å². The van der Waals surface area contributed by atoms with Crippen molar-refractivity contribution in [2.75, 3.05) is 0 Å². The van der Waals surface area contributed by atoms with Crippen LogP contribution in [-0.2, 0) is 6.54 Å². The van der Waals surface area contributed by atoms with Crippen LogP contribution in [-0.4, -0.2) is 5.54 Å². The Balaban J connectivity index is 2.25. The standard InChI is InChI=1S/C17H19ClFNO/c1-17(2,3)20-11-12-10-13(18)8-9-15(12)21-16-7-5-4-6-14(16)19/h4-10,20H,11H2,1-3H3. The largest absolute Gasteiger partial charge is 0.454 e. The SMILES string of the molecule is CC(C)(C)NCc1cc(Cl)ccc1Oc1ccccc1F. The van der Waals surface area contributed by atoms with Gasteiger partial charge in [0, 0.05) is 22.7 Å². The molecule has 0 aliphatic heterocycles. The van der Waals surface area contributed by atoms with E-state index in [1.54, 1.807) is 30.3 Å². The Morgan fingerprint density at radius 2 is 1.81 bits per heavy atom. The molecule has 4 heteroatoms. The lowest BCUT2D eigenvalue weighted by molar-refractivity contribution is 0.407. The number of hydrogen-bond acceptors (Lipinski definition) is 2. The summed E-state index contributed by atoms with van der Waals surface area (Å²) in [6.45, 7) is 6.83. The summed E-state index contributed by atoms with van der Waals surface area (Å²) in [5.41, 5.74) is 0.859. The van der Waals surface area contributed by atoms with Crippen molar-refractivity contribution < 1.29 is 9.13 Å². The Bertz CT molecular complexity index is 622. The highest BCUT2D eigenvalue weighted by Gasteiger charge is 2.13. The quantitative estimate of drug-likeness (QED) is 0.842. The maximum absolute atomic E-state index is 13.7. The van der Waals surface area contributed by atoms with Crippen LogP contribution in [0.15, 0.2) is 42.5 Å². The second-order valence-corrected chi connectivity index (χ2v) is 6.32. The maximum atomic E-state index is 13.7. The average molecular weight is 308 g/mol. The fourth-order valence-electron chi connectivity index (χ4n) is 1.79. The molecule has 0 saturated heterocycles. The van der Waals surface area contributed by atoms with Crippen LogP contribution in [0.5, 0.6) is 11.5 Å². The number of ether oxygens (including phenoxy) is 1. The minimum absolute atomic E-state index is 0.0302. The maximum Gasteiger partial charge on any atom is 0.165 e. The Kier molecular flexibility index (Phi) is 4.86. The number of nitrogens with one attached hydrogen (secondary N) is 1. The minimum Gasteiger partial charge on any atom is -0.454 e. The third kappa shape index (κ3) is 4.73. The number of hydrogen-bond donors (Lipinski definition) is 1. The zero-order valence-electron chi connectivity index (χ0n) is 12.4. The van der Waals surface area contributed by atoms with Crippen LogP contribution in [0.2, 0.25) is 5.02 Å². The lowest BCUT2D eigenvalue weighted by Crippen LogP contribution is -2.35. The molecule has 2 aromatic carbocycles. The van der Waals surface area contributed by atoms with Gasteiger partial charge >= 0.3 is 0 Å². The van der Waals surface area contributed by atoms with E-state index in [1.807, 2.05) is 6.07 Å². The van der Waals surface area contributed by atoms with E-state index < -0.39 is 0 Å². The molecule has 0 aliphatic carbocycles. The number of benzene rings is 2. The molecule has 0 bridgehead atoms. The Labute approximate surface area is 129 Å². The fraction of sp³-hybridized carbons (Fsp3) is 0.294. The lowest BCUT2D eigenvalue weighted by atomic mass is 10.1. The highest BCUT2D eigenvalue weighted by atomic mass is 35.5. The highest BCUT2D eigenvalue weighted by molar-refractivity contribution is 6.30. The van der Waals surface area contributed by atoms with Crippen molar-refractivity contribution >= 4 is 11.6 Å². The normalized spacial score (nSPS) is 11.5. The topological polar surface area (TPSA) is 21.3 Å². The summed E-state index contributed by atoms with van der Waals surface area (Å²) < 4.78 is 19.4. The molecule has 0 amide bonds. The molecule has 0 fully saturated rings. The average Bonchev–Trinajstić information content (AvgIpc) is 2.40. The second kappa shape index (κ2) is 6.46. The second-order valence-electron chi connectivity index (χ2n) is 5.89. The number of para-hydroxylation sites is 1. The molecule has 0 atom stereocenters. The first-order valence-corrected chi connectivity index (χ1v) is 7.19. The predicted octanol–water partition coefficient (Wildman–Crippen LogP) is 5.16. The molecular formula is C17H19ClFNO. The number of halogens is 2. The van der Waals surface area contributed by atoms with E-state index in [0.29, 0.717) is 17.3 Å². The van der Waals surface area contributed by atoms with Gasteiger partial charge in [-0.1, -0.05) is 23.7 Å². The summed E-state index contributed by atoms with van der Waals surface area (Å²) in [5, 5.41) is 4.00. The van der Waals surface area contributed by atoms with Crippen molar-refractivity contribution in [3.8, 4) is 11.5 Å². The van der Waals surface area contributed by atoms with E-state index in [4.69, 9.17) is 16.3 Å². The molecule has 21 heavy (non-hydrogen) atoms. The third-order valence-corrected chi connectivity index (χ3v) is 3.12. The van der Waals surface area contributed by atoms with Crippen LogP contribution in [0.25, 0.3) is 0 Å². The van der Waals surface area contributed by atoms with Crippen molar-refractivity contribution in [1.29, 1.82) is 0 Å². The van der Waals surface area contributed by atoms with Crippen molar-refractivity contribution in [3.05, 3.63) is 58.9 Å². The number of rotatable bonds is 4. The summed E-state index contributed by atoms with van der Waals surface area (Å²) in [4.78, 5) is 0. The minimum atomic E-state index is -0.387. The summed E-state index contributed by atoms with van der Waals surface area (Å²) in [7, 11) is 0. The van der Waals surface area contributed by atoms with Crippen LogP contribution in [0.1, 0.15) is 26.3 Å². The van der Waals surface area contributed by atoms with Crippen LogP contribution in [0, 0.1) is 5.82 Å². The van der Waals surface area contributed by atoms with E-state index in [0.717, 1.165) is 5.56 Å². The van der Waals surface area contributed by atoms with Gasteiger partial charge in [0.15, 0.2) is 11.6 Å². The van der Waals surface area contributed by atoms with E-state index in [2.05, 4.69) is 26.1 Å². The molecule has 0 aromatic heterocycles. The van der Waals surface area contributed by atoms with Gasteiger partial charge in [0.1, 0.15) is 5.75 Å².